The number of ether oxygens (including phenoxy) is 1. The molecule has 0 saturated heterocycles. The lowest BCUT2D eigenvalue weighted by Crippen LogP contribution is -2.06. The van der Waals surface area contributed by atoms with Crippen LogP contribution in [0, 0.1) is 5.92 Å². The highest BCUT2D eigenvalue weighted by Gasteiger charge is 2.08. The molecule has 0 N–H and O–H groups in total. The Bertz CT molecular complexity index is 177. The van der Waals surface area contributed by atoms with Gasteiger partial charge < -0.3 is 4.74 Å². The van der Waals surface area contributed by atoms with Crippen LogP contribution in [0.25, 0.3) is 0 Å². The van der Waals surface area contributed by atoms with Crippen molar-refractivity contribution in [1.82, 2.24) is 0 Å². The number of rotatable bonds is 2. The Kier molecular flexibility index (Phi) is 2.75. The fourth-order valence-electron chi connectivity index (χ4n) is 1.20. The molecule has 1 heteroatoms. The van der Waals surface area contributed by atoms with Crippen LogP contribution < -0.4 is 0 Å². The maximum absolute atomic E-state index is 5.57. The van der Waals surface area contributed by atoms with E-state index in [0.29, 0.717) is 12.0 Å². The lowest BCUT2D eigenvalue weighted by atomic mass is 10.0. The molecule has 0 heterocycles. The smallest absolute Gasteiger partial charge is 0.0969 e. The summed E-state index contributed by atoms with van der Waals surface area (Å²) in [6.07, 6.45) is 7.69. The lowest BCUT2D eigenvalue weighted by Gasteiger charge is -2.17. The van der Waals surface area contributed by atoms with Crippen LogP contribution in [-0.2, 0) is 4.74 Å². The summed E-state index contributed by atoms with van der Waals surface area (Å²) < 4.78 is 5.57. The molecule has 1 nitrogen and oxygen atoms in total. The lowest BCUT2D eigenvalue weighted by molar-refractivity contribution is 0.135. The Morgan fingerprint density at radius 3 is 2.82 bits per heavy atom. The van der Waals surface area contributed by atoms with Gasteiger partial charge in [-0.2, -0.15) is 0 Å². The van der Waals surface area contributed by atoms with Gasteiger partial charge >= 0.3 is 0 Å². The van der Waals surface area contributed by atoms with Crippen LogP contribution in [0.3, 0.4) is 0 Å². The highest BCUT2D eigenvalue weighted by molar-refractivity contribution is 5.15. The van der Waals surface area contributed by atoms with Gasteiger partial charge in [-0.15, -0.1) is 0 Å². The summed E-state index contributed by atoms with van der Waals surface area (Å²) in [5.74, 6) is 1.75. The Morgan fingerprint density at radius 1 is 1.55 bits per heavy atom. The molecule has 0 radical (unpaired) electrons. The molecule has 1 aliphatic rings. The second-order valence-electron chi connectivity index (χ2n) is 3.37. The highest BCUT2D eigenvalue weighted by Crippen LogP contribution is 2.19. The minimum atomic E-state index is 0.306. The van der Waals surface area contributed by atoms with Crippen molar-refractivity contribution in [3.63, 3.8) is 0 Å². The Labute approximate surface area is 68.8 Å². The molecule has 1 atom stereocenters. The highest BCUT2D eigenvalue weighted by atomic mass is 16.5. The van der Waals surface area contributed by atoms with E-state index in [1.165, 1.54) is 0 Å². The maximum atomic E-state index is 5.57. The fraction of sp³-hybridized carbons (Fsp3) is 0.600. The van der Waals surface area contributed by atoms with Crippen molar-refractivity contribution in [1.29, 1.82) is 0 Å². The van der Waals surface area contributed by atoms with Crippen LogP contribution in [0.4, 0.5) is 0 Å². The molecule has 11 heavy (non-hydrogen) atoms. The maximum Gasteiger partial charge on any atom is 0.0969 e. The summed E-state index contributed by atoms with van der Waals surface area (Å²) in [7, 11) is 0. The van der Waals surface area contributed by atoms with Crippen molar-refractivity contribution in [2.45, 2.75) is 33.3 Å². The van der Waals surface area contributed by atoms with E-state index in [-0.39, 0.29) is 0 Å². The molecule has 0 aromatic heterocycles. The summed E-state index contributed by atoms with van der Waals surface area (Å²) >= 11 is 0. The normalized spacial score (nSPS) is 23.6. The van der Waals surface area contributed by atoms with Crippen LogP contribution in [-0.4, -0.2) is 6.10 Å². The molecule has 0 bridgehead atoms. The van der Waals surface area contributed by atoms with Gasteiger partial charge in [-0.25, -0.2) is 0 Å². The van der Waals surface area contributed by atoms with Crippen LogP contribution in [0.2, 0.25) is 0 Å². The monoisotopic (exact) mass is 152 g/mol. The van der Waals surface area contributed by atoms with E-state index >= 15 is 0 Å². The zero-order chi connectivity index (χ0) is 8.27. The third-order valence-corrected chi connectivity index (χ3v) is 1.63. The standard InChI is InChI=1S/C10H16O/c1-8(2)11-10-6-4-5-9(3)7-10/h4-6,8-9H,7H2,1-3H3. The molecule has 1 rings (SSSR count). The van der Waals surface area contributed by atoms with Gasteiger partial charge in [-0.05, 0) is 25.8 Å². The van der Waals surface area contributed by atoms with E-state index in [1.54, 1.807) is 0 Å². The number of hydrogen-bond acceptors (Lipinski definition) is 1. The first-order valence-corrected chi connectivity index (χ1v) is 4.22. The van der Waals surface area contributed by atoms with E-state index in [0.717, 1.165) is 12.2 Å². The van der Waals surface area contributed by atoms with Crippen LogP contribution in [0.5, 0.6) is 0 Å². The van der Waals surface area contributed by atoms with Gasteiger partial charge in [0.1, 0.15) is 0 Å². The molecule has 0 fully saturated rings. The van der Waals surface area contributed by atoms with Crippen molar-refractivity contribution in [2.75, 3.05) is 0 Å². The largest absolute Gasteiger partial charge is 0.495 e. The first kappa shape index (κ1) is 8.38. The fourth-order valence-corrected chi connectivity index (χ4v) is 1.20. The van der Waals surface area contributed by atoms with E-state index in [2.05, 4.69) is 39.0 Å². The quantitative estimate of drug-likeness (QED) is 0.591. The average Bonchev–Trinajstić information content (AvgIpc) is 1.85. The third kappa shape index (κ3) is 2.79. The Morgan fingerprint density at radius 2 is 2.27 bits per heavy atom. The first-order valence-electron chi connectivity index (χ1n) is 4.22. The van der Waals surface area contributed by atoms with Gasteiger partial charge in [0.15, 0.2) is 0 Å². The Hall–Kier alpha value is -0.720. The Balaban J connectivity index is 2.46. The van der Waals surface area contributed by atoms with Crippen molar-refractivity contribution < 1.29 is 4.74 Å². The van der Waals surface area contributed by atoms with E-state index in [4.69, 9.17) is 4.74 Å². The molecule has 1 unspecified atom stereocenters. The second kappa shape index (κ2) is 3.61. The van der Waals surface area contributed by atoms with E-state index < -0.39 is 0 Å². The molecule has 0 aromatic carbocycles. The summed E-state index contributed by atoms with van der Waals surface area (Å²) in [4.78, 5) is 0. The molecule has 1 aliphatic carbocycles. The average molecular weight is 152 g/mol. The van der Waals surface area contributed by atoms with Gasteiger partial charge in [-0.1, -0.05) is 19.1 Å². The zero-order valence-electron chi connectivity index (χ0n) is 7.50. The number of allylic oxidation sites excluding steroid dienone is 4. The second-order valence-corrected chi connectivity index (χ2v) is 3.37. The zero-order valence-corrected chi connectivity index (χ0v) is 7.50. The van der Waals surface area contributed by atoms with Crippen molar-refractivity contribution in [3.05, 3.63) is 24.0 Å². The van der Waals surface area contributed by atoms with Crippen molar-refractivity contribution in [3.8, 4) is 0 Å². The first-order chi connectivity index (χ1) is 5.18. The predicted octanol–water partition coefficient (Wildman–Crippen LogP) is 2.89. The molecular weight excluding hydrogens is 136 g/mol. The van der Waals surface area contributed by atoms with Crippen LogP contribution >= 0.6 is 0 Å². The summed E-state index contributed by atoms with van der Waals surface area (Å²) in [5, 5.41) is 0. The van der Waals surface area contributed by atoms with Crippen LogP contribution in [0.1, 0.15) is 27.2 Å². The van der Waals surface area contributed by atoms with Gasteiger partial charge in [0.2, 0.25) is 0 Å². The SMILES string of the molecule is CC1C=CC=C(OC(C)C)C1. The summed E-state index contributed by atoms with van der Waals surface area (Å²) in [6.45, 7) is 6.32. The summed E-state index contributed by atoms with van der Waals surface area (Å²) in [5.41, 5.74) is 0. The van der Waals surface area contributed by atoms with Gasteiger partial charge in [0, 0.05) is 6.42 Å². The third-order valence-electron chi connectivity index (χ3n) is 1.63. The van der Waals surface area contributed by atoms with Crippen LogP contribution in [0.15, 0.2) is 24.0 Å². The minimum absolute atomic E-state index is 0.306. The molecule has 0 aromatic rings. The summed E-state index contributed by atoms with van der Waals surface area (Å²) in [6, 6.07) is 0. The van der Waals surface area contributed by atoms with Gasteiger partial charge in [-0.3, -0.25) is 0 Å². The molecule has 0 spiro atoms. The molecular formula is C10H16O. The predicted molar refractivity (Wildman–Crippen MR) is 47.2 cm³/mol. The van der Waals surface area contributed by atoms with Crippen molar-refractivity contribution >= 4 is 0 Å². The molecule has 0 saturated carbocycles. The van der Waals surface area contributed by atoms with Gasteiger partial charge in [0.25, 0.3) is 0 Å². The van der Waals surface area contributed by atoms with E-state index in [1.807, 2.05) is 0 Å². The minimum Gasteiger partial charge on any atom is -0.495 e. The number of hydrogen-bond donors (Lipinski definition) is 0. The molecule has 0 aliphatic heterocycles. The topological polar surface area (TPSA) is 9.23 Å². The van der Waals surface area contributed by atoms with Crippen molar-refractivity contribution in [2.24, 2.45) is 5.92 Å². The molecule has 62 valence electrons. The molecule has 0 amide bonds. The van der Waals surface area contributed by atoms with Gasteiger partial charge in [0.05, 0.1) is 11.9 Å². The van der Waals surface area contributed by atoms with E-state index in [9.17, 15) is 0 Å².